The summed E-state index contributed by atoms with van der Waals surface area (Å²) in [6.07, 6.45) is 0. The lowest BCUT2D eigenvalue weighted by Gasteiger charge is -2.37. The Morgan fingerprint density at radius 2 is 1.90 bits per heavy atom. The number of carboxylic acids is 1. The number of aliphatic carboxylic acids is 1. The van der Waals surface area contributed by atoms with E-state index in [0.29, 0.717) is 6.54 Å². The molecular weight excluding hydrogens is 272 g/mol. The summed E-state index contributed by atoms with van der Waals surface area (Å²) in [5.74, 6) is -1.45. The lowest BCUT2D eigenvalue weighted by molar-refractivity contribution is -0.142. The molecule has 1 heterocycles. The molecule has 122 valence electrons. The Morgan fingerprint density at radius 3 is 2.48 bits per heavy atom. The molecular formula is C14H28N4O3. The summed E-state index contributed by atoms with van der Waals surface area (Å²) in [6, 6.07) is -0.0154. The van der Waals surface area contributed by atoms with Crippen molar-refractivity contribution < 1.29 is 14.7 Å². The Kier molecular flexibility index (Phi) is 6.91. The summed E-state index contributed by atoms with van der Waals surface area (Å²) in [4.78, 5) is 27.3. The van der Waals surface area contributed by atoms with Crippen LogP contribution in [0.1, 0.15) is 13.8 Å². The molecule has 3 N–H and O–H groups in total. The van der Waals surface area contributed by atoms with Gasteiger partial charge in [0.25, 0.3) is 0 Å². The highest BCUT2D eigenvalue weighted by Gasteiger charge is 2.24. The van der Waals surface area contributed by atoms with Gasteiger partial charge in [0.15, 0.2) is 0 Å². The van der Waals surface area contributed by atoms with E-state index in [9.17, 15) is 9.59 Å². The minimum Gasteiger partial charge on any atom is -0.481 e. The quantitative estimate of drug-likeness (QED) is 0.637. The van der Waals surface area contributed by atoms with Crippen LogP contribution in [-0.2, 0) is 4.79 Å². The minimum atomic E-state index is -0.876. The summed E-state index contributed by atoms with van der Waals surface area (Å²) in [7, 11) is 4.12. The molecule has 0 saturated carbocycles. The first-order valence-electron chi connectivity index (χ1n) is 7.44. The van der Waals surface area contributed by atoms with Crippen LogP contribution in [0.4, 0.5) is 4.79 Å². The first-order chi connectivity index (χ1) is 9.81. The molecule has 21 heavy (non-hydrogen) atoms. The third kappa shape index (κ3) is 5.89. The van der Waals surface area contributed by atoms with E-state index in [0.717, 1.165) is 19.6 Å². The molecule has 1 saturated heterocycles. The highest BCUT2D eigenvalue weighted by Crippen LogP contribution is 2.09. The van der Waals surface area contributed by atoms with Crippen molar-refractivity contribution >= 4 is 12.0 Å². The third-order valence-corrected chi connectivity index (χ3v) is 4.08. The molecule has 7 heteroatoms. The molecule has 0 radical (unpaired) electrons. The summed E-state index contributed by atoms with van der Waals surface area (Å²) in [5, 5.41) is 14.5. The van der Waals surface area contributed by atoms with Crippen molar-refractivity contribution in [3.63, 3.8) is 0 Å². The average molecular weight is 300 g/mol. The highest BCUT2D eigenvalue weighted by molar-refractivity contribution is 5.75. The van der Waals surface area contributed by atoms with Gasteiger partial charge in [-0.05, 0) is 20.0 Å². The van der Waals surface area contributed by atoms with Crippen LogP contribution in [0, 0.1) is 11.8 Å². The molecule has 0 aromatic rings. The van der Waals surface area contributed by atoms with E-state index in [4.69, 9.17) is 5.11 Å². The zero-order valence-electron chi connectivity index (χ0n) is 13.4. The maximum absolute atomic E-state index is 11.8. The lowest BCUT2D eigenvalue weighted by atomic mass is 9.96. The molecule has 1 aliphatic rings. The van der Waals surface area contributed by atoms with Gasteiger partial charge < -0.3 is 20.6 Å². The van der Waals surface area contributed by atoms with Crippen molar-refractivity contribution in [1.29, 1.82) is 0 Å². The van der Waals surface area contributed by atoms with E-state index in [1.807, 2.05) is 13.8 Å². The van der Waals surface area contributed by atoms with Crippen LogP contribution in [0.25, 0.3) is 0 Å². The largest absolute Gasteiger partial charge is 0.481 e. The van der Waals surface area contributed by atoms with Gasteiger partial charge >= 0.3 is 12.0 Å². The number of urea groups is 1. The van der Waals surface area contributed by atoms with Crippen LogP contribution in [0.2, 0.25) is 0 Å². The van der Waals surface area contributed by atoms with Gasteiger partial charge in [-0.3, -0.25) is 9.69 Å². The van der Waals surface area contributed by atoms with Gasteiger partial charge in [-0.15, -0.1) is 0 Å². The summed E-state index contributed by atoms with van der Waals surface area (Å²) in [5.41, 5.74) is 0. The predicted octanol–water partition coefficient (Wildman–Crippen LogP) is -0.112. The van der Waals surface area contributed by atoms with Gasteiger partial charge in [0, 0.05) is 38.8 Å². The number of nitrogens with zero attached hydrogens (tertiary/aromatic N) is 2. The number of piperazine rings is 1. The molecule has 7 nitrogen and oxygen atoms in total. The molecule has 1 fully saturated rings. The number of likely N-dealkylation sites (N-methyl/N-ethyl adjacent to an activating group) is 2. The van der Waals surface area contributed by atoms with Gasteiger partial charge in [-0.1, -0.05) is 13.8 Å². The topological polar surface area (TPSA) is 84.9 Å². The minimum absolute atomic E-state index is 0.0130. The van der Waals surface area contributed by atoms with Gasteiger partial charge in [0.2, 0.25) is 0 Å². The lowest BCUT2D eigenvalue weighted by Crippen LogP contribution is -2.55. The standard InChI is InChI=1S/C14H28N4O3/c1-10(2)12(13(19)20)8-16-14(21)15-7-11-9-17(3)5-6-18(11)4/h10-12H,5-9H2,1-4H3,(H,19,20)(H2,15,16,21). The Bertz CT molecular complexity index is 362. The third-order valence-electron chi connectivity index (χ3n) is 4.08. The van der Waals surface area contributed by atoms with E-state index in [1.165, 1.54) is 0 Å². The summed E-state index contributed by atoms with van der Waals surface area (Å²) < 4.78 is 0. The fourth-order valence-electron chi connectivity index (χ4n) is 2.41. The number of carbonyl (C=O) groups excluding carboxylic acids is 1. The number of nitrogens with one attached hydrogen (secondary N) is 2. The molecule has 2 amide bonds. The van der Waals surface area contributed by atoms with Gasteiger partial charge in [0.1, 0.15) is 0 Å². The van der Waals surface area contributed by atoms with Crippen molar-refractivity contribution in [3.05, 3.63) is 0 Å². The average Bonchev–Trinajstić information content (AvgIpc) is 2.39. The Balaban J connectivity index is 2.32. The first kappa shape index (κ1) is 17.7. The van der Waals surface area contributed by atoms with Crippen molar-refractivity contribution in [2.75, 3.05) is 46.8 Å². The molecule has 2 atom stereocenters. The molecule has 2 unspecified atom stereocenters. The molecule has 0 bridgehead atoms. The molecule has 1 aliphatic heterocycles. The van der Waals surface area contributed by atoms with Crippen molar-refractivity contribution in [1.82, 2.24) is 20.4 Å². The van der Waals surface area contributed by atoms with E-state index < -0.39 is 11.9 Å². The number of rotatable bonds is 6. The number of hydrogen-bond acceptors (Lipinski definition) is 4. The van der Waals surface area contributed by atoms with Gasteiger partial charge in [-0.25, -0.2) is 4.79 Å². The van der Waals surface area contributed by atoms with Crippen LogP contribution in [0.3, 0.4) is 0 Å². The van der Waals surface area contributed by atoms with Crippen molar-refractivity contribution in [2.24, 2.45) is 11.8 Å². The molecule has 0 aromatic heterocycles. The number of carboxylic acid groups (broad SMARTS) is 1. The van der Waals surface area contributed by atoms with Crippen LogP contribution in [0.5, 0.6) is 0 Å². The van der Waals surface area contributed by atoms with Gasteiger partial charge in [0.05, 0.1) is 5.92 Å². The predicted molar refractivity (Wildman–Crippen MR) is 81.3 cm³/mol. The van der Waals surface area contributed by atoms with E-state index in [1.54, 1.807) is 0 Å². The van der Waals surface area contributed by atoms with Crippen LogP contribution < -0.4 is 10.6 Å². The fraction of sp³-hybridized carbons (Fsp3) is 0.857. The number of amides is 2. The molecule has 0 aliphatic carbocycles. The smallest absolute Gasteiger partial charge is 0.314 e. The van der Waals surface area contributed by atoms with E-state index >= 15 is 0 Å². The normalized spacial score (nSPS) is 22.0. The maximum Gasteiger partial charge on any atom is 0.314 e. The maximum atomic E-state index is 11.8. The highest BCUT2D eigenvalue weighted by atomic mass is 16.4. The van der Waals surface area contributed by atoms with E-state index in [-0.39, 0.29) is 24.5 Å². The SMILES string of the molecule is CC(C)C(CNC(=O)NCC1CN(C)CCN1C)C(=O)O. The first-order valence-corrected chi connectivity index (χ1v) is 7.44. The van der Waals surface area contributed by atoms with Gasteiger partial charge in [-0.2, -0.15) is 0 Å². The molecule has 0 aromatic carbocycles. The monoisotopic (exact) mass is 300 g/mol. The summed E-state index contributed by atoms with van der Waals surface area (Å²) >= 11 is 0. The fourth-order valence-corrected chi connectivity index (χ4v) is 2.41. The van der Waals surface area contributed by atoms with Crippen molar-refractivity contribution in [2.45, 2.75) is 19.9 Å². The summed E-state index contributed by atoms with van der Waals surface area (Å²) in [6.45, 7) is 7.33. The zero-order valence-corrected chi connectivity index (χ0v) is 13.4. The van der Waals surface area contributed by atoms with Crippen LogP contribution in [-0.4, -0.2) is 79.8 Å². The Labute approximate surface area is 126 Å². The molecule has 0 spiro atoms. The second-order valence-corrected chi connectivity index (χ2v) is 6.18. The Morgan fingerprint density at radius 1 is 1.24 bits per heavy atom. The molecule has 1 rings (SSSR count). The number of carbonyl (C=O) groups is 2. The second kappa shape index (κ2) is 8.19. The second-order valence-electron chi connectivity index (χ2n) is 6.18. The Hall–Kier alpha value is -1.34. The van der Waals surface area contributed by atoms with Crippen molar-refractivity contribution in [3.8, 4) is 0 Å². The van der Waals surface area contributed by atoms with E-state index in [2.05, 4.69) is 34.5 Å². The van der Waals surface area contributed by atoms with Crippen LogP contribution >= 0.6 is 0 Å². The number of hydrogen-bond donors (Lipinski definition) is 3. The zero-order chi connectivity index (χ0) is 16.0. The van der Waals surface area contributed by atoms with Crippen LogP contribution in [0.15, 0.2) is 0 Å².